The minimum atomic E-state index is -0.449. The van der Waals surface area contributed by atoms with Crippen LogP contribution in [0.15, 0.2) is 53.6 Å². The maximum Gasteiger partial charge on any atom is 0.270 e. The van der Waals surface area contributed by atoms with Crippen LogP contribution in [-0.2, 0) is 10.2 Å². The number of nitro groups is 1. The summed E-state index contributed by atoms with van der Waals surface area (Å²) in [5.74, 6) is 0.0270. The van der Waals surface area contributed by atoms with Crippen molar-refractivity contribution < 1.29 is 9.72 Å². The van der Waals surface area contributed by atoms with Gasteiger partial charge in [0, 0.05) is 23.6 Å². The molecule has 6 nitrogen and oxygen atoms in total. The van der Waals surface area contributed by atoms with E-state index in [0.717, 1.165) is 6.42 Å². The largest absolute Gasteiger partial charge is 0.273 e. The molecule has 0 bridgehead atoms. The zero-order chi connectivity index (χ0) is 20.5. The summed E-state index contributed by atoms with van der Waals surface area (Å²) in [5, 5.41) is 15.0. The van der Waals surface area contributed by atoms with E-state index >= 15 is 0 Å². The number of rotatable bonds is 5. The second-order valence-corrected chi connectivity index (χ2v) is 8.30. The predicted molar refractivity (Wildman–Crippen MR) is 109 cm³/mol. The first kappa shape index (κ1) is 19.7. The first-order valence-electron chi connectivity index (χ1n) is 9.36. The molecule has 6 heteroatoms. The lowest BCUT2D eigenvalue weighted by molar-refractivity contribution is -0.384. The highest BCUT2D eigenvalue weighted by atomic mass is 16.6. The smallest absolute Gasteiger partial charge is 0.270 e. The highest BCUT2D eigenvalue weighted by Gasteiger charge is 2.44. The topological polar surface area (TPSA) is 84.6 Å². The van der Waals surface area contributed by atoms with Crippen LogP contribution in [0.25, 0.3) is 0 Å². The van der Waals surface area contributed by atoms with Crippen molar-refractivity contribution in [3.8, 4) is 0 Å². The highest BCUT2D eigenvalue weighted by molar-refractivity contribution is 5.99. The SMILES string of the molecule is C/C(=N\NC(=O)[C@@H]1C[C@H]1c1ccc(C(C)(C)C)cc1)c1cccc([N+](=O)[O-])c1. The molecule has 0 heterocycles. The number of non-ortho nitro benzene ring substituents is 1. The summed E-state index contributed by atoms with van der Waals surface area (Å²) in [4.78, 5) is 22.8. The molecule has 3 rings (SSSR count). The Morgan fingerprint density at radius 3 is 2.46 bits per heavy atom. The van der Waals surface area contributed by atoms with Gasteiger partial charge in [-0.3, -0.25) is 14.9 Å². The number of nitrogens with one attached hydrogen (secondary N) is 1. The van der Waals surface area contributed by atoms with Gasteiger partial charge in [0.2, 0.25) is 5.91 Å². The number of benzene rings is 2. The lowest BCUT2D eigenvalue weighted by Gasteiger charge is -2.19. The molecule has 1 fully saturated rings. The normalized spacial score (nSPS) is 19.2. The molecule has 146 valence electrons. The summed E-state index contributed by atoms with van der Waals surface area (Å²) >= 11 is 0. The lowest BCUT2D eigenvalue weighted by atomic mass is 9.86. The van der Waals surface area contributed by atoms with Gasteiger partial charge in [-0.1, -0.05) is 57.2 Å². The number of nitrogens with zero attached hydrogens (tertiary/aromatic N) is 2. The van der Waals surface area contributed by atoms with Crippen molar-refractivity contribution >= 4 is 17.3 Å². The third-order valence-corrected chi connectivity index (χ3v) is 5.14. The van der Waals surface area contributed by atoms with Crippen LogP contribution in [0.1, 0.15) is 56.7 Å². The van der Waals surface area contributed by atoms with E-state index in [9.17, 15) is 14.9 Å². The quantitative estimate of drug-likeness (QED) is 0.470. The molecule has 1 aliphatic rings. The summed E-state index contributed by atoms with van der Waals surface area (Å²) in [6.07, 6.45) is 0.812. The lowest BCUT2D eigenvalue weighted by Crippen LogP contribution is -2.21. The molecule has 1 amide bonds. The molecule has 1 saturated carbocycles. The van der Waals surface area contributed by atoms with Crippen LogP contribution < -0.4 is 5.43 Å². The van der Waals surface area contributed by atoms with Gasteiger partial charge < -0.3 is 0 Å². The molecule has 28 heavy (non-hydrogen) atoms. The van der Waals surface area contributed by atoms with Crippen LogP contribution in [0, 0.1) is 16.0 Å². The number of nitro benzene ring substituents is 1. The molecule has 2 aromatic rings. The number of amides is 1. The summed E-state index contributed by atoms with van der Waals surface area (Å²) in [6, 6.07) is 14.7. The number of hydrogen-bond donors (Lipinski definition) is 1. The predicted octanol–water partition coefficient (Wildman–Crippen LogP) is 4.54. The van der Waals surface area contributed by atoms with Crippen molar-refractivity contribution in [2.75, 3.05) is 0 Å². The van der Waals surface area contributed by atoms with Crippen molar-refractivity contribution in [1.82, 2.24) is 5.43 Å². The second-order valence-electron chi connectivity index (χ2n) is 8.30. The van der Waals surface area contributed by atoms with Gasteiger partial charge in [-0.2, -0.15) is 5.10 Å². The molecule has 1 N–H and O–H groups in total. The van der Waals surface area contributed by atoms with E-state index < -0.39 is 4.92 Å². The number of carbonyl (C=O) groups is 1. The Hall–Kier alpha value is -3.02. The average Bonchev–Trinajstić information content (AvgIpc) is 3.46. The van der Waals surface area contributed by atoms with E-state index in [0.29, 0.717) is 11.3 Å². The molecule has 2 atom stereocenters. The van der Waals surface area contributed by atoms with E-state index in [-0.39, 0.29) is 28.8 Å². The van der Waals surface area contributed by atoms with Gasteiger partial charge >= 0.3 is 0 Å². The van der Waals surface area contributed by atoms with Crippen LogP contribution in [0.2, 0.25) is 0 Å². The Bertz CT molecular complexity index is 927. The van der Waals surface area contributed by atoms with E-state index in [2.05, 4.69) is 55.6 Å². The Labute approximate surface area is 164 Å². The highest BCUT2D eigenvalue weighted by Crippen LogP contribution is 2.47. The van der Waals surface area contributed by atoms with Crippen molar-refractivity contribution in [3.05, 3.63) is 75.3 Å². The molecule has 2 aromatic carbocycles. The minimum Gasteiger partial charge on any atom is -0.273 e. The standard InChI is InChI=1S/C22H25N3O3/c1-14(16-6-5-7-18(12-16)25(27)28)23-24-21(26)20-13-19(20)15-8-10-17(11-9-15)22(2,3)4/h5-12,19-20H,13H2,1-4H3,(H,24,26)/b23-14+/t19-,20+/m0/s1. The summed E-state index contributed by atoms with van der Waals surface area (Å²) in [7, 11) is 0. The second kappa shape index (κ2) is 7.54. The summed E-state index contributed by atoms with van der Waals surface area (Å²) in [6.45, 7) is 8.25. The van der Waals surface area contributed by atoms with Gasteiger partial charge in [0.15, 0.2) is 0 Å². The third-order valence-electron chi connectivity index (χ3n) is 5.14. The Morgan fingerprint density at radius 1 is 1.18 bits per heavy atom. The fourth-order valence-corrected chi connectivity index (χ4v) is 3.21. The monoisotopic (exact) mass is 379 g/mol. The Morgan fingerprint density at radius 2 is 1.86 bits per heavy atom. The van der Waals surface area contributed by atoms with Gasteiger partial charge in [0.1, 0.15) is 0 Å². The average molecular weight is 379 g/mol. The van der Waals surface area contributed by atoms with Crippen molar-refractivity contribution in [2.45, 2.75) is 45.4 Å². The zero-order valence-corrected chi connectivity index (χ0v) is 16.6. The van der Waals surface area contributed by atoms with Crippen LogP contribution in [0.5, 0.6) is 0 Å². The molecular formula is C22H25N3O3. The van der Waals surface area contributed by atoms with Crippen LogP contribution in [0.3, 0.4) is 0 Å². The van der Waals surface area contributed by atoms with Gasteiger partial charge in [0.25, 0.3) is 5.69 Å². The van der Waals surface area contributed by atoms with Crippen molar-refractivity contribution in [1.29, 1.82) is 0 Å². The molecule has 0 spiro atoms. The fourth-order valence-electron chi connectivity index (χ4n) is 3.21. The van der Waals surface area contributed by atoms with E-state index in [1.54, 1.807) is 19.1 Å². The molecule has 1 aliphatic carbocycles. The molecule has 0 unspecified atom stereocenters. The van der Waals surface area contributed by atoms with Crippen LogP contribution in [0.4, 0.5) is 5.69 Å². The zero-order valence-electron chi connectivity index (χ0n) is 16.6. The minimum absolute atomic E-state index is 0.000614. The number of carbonyl (C=O) groups excluding carboxylic acids is 1. The number of hydrogen-bond acceptors (Lipinski definition) is 4. The molecule has 0 radical (unpaired) electrons. The van der Waals surface area contributed by atoms with Gasteiger partial charge in [-0.15, -0.1) is 0 Å². The Balaban J connectivity index is 1.61. The van der Waals surface area contributed by atoms with Crippen LogP contribution in [-0.4, -0.2) is 16.5 Å². The maximum atomic E-state index is 12.4. The van der Waals surface area contributed by atoms with E-state index in [1.165, 1.54) is 23.3 Å². The third kappa shape index (κ3) is 4.44. The van der Waals surface area contributed by atoms with Crippen molar-refractivity contribution in [3.63, 3.8) is 0 Å². The van der Waals surface area contributed by atoms with E-state index in [4.69, 9.17) is 0 Å². The number of hydrazone groups is 1. The fraction of sp³-hybridized carbons (Fsp3) is 0.364. The van der Waals surface area contributed by atoms with Crippen molar-refractivity contribution in [2.24, 2.45) is 11.0 Å². The van der Waals surface area contributed by atoms with Crippen LogP contribution >= 0.6 is 0 Å². The molecular weight excluding hydrogens is 354 g/mol. The van der Waals surface area contributed by atoms with Gasteiger partial charge in [-0.05, 0) is 35.8 Å². The first-order valence-corrected chi connectivity index (χ1v) is 9.36. The van der Waals surface area contributed by atoms with Gasteiger partial charge in [0.05, 0.1) is 10.6 Å². The molecule has 0 aliphatic heterocycles. The van der Waals surface area contributed by atoms with Gasteiger partial charge in [-0.25, -0.2) is 5.43 Å². The van der Waals surface area contributed by atoms with E-state index in [1.807, 2.05) is 0 Å². The molecule has 0 saturated heterocycles. The first-order chi connectivity index (χ1) is 13.2. The summed E-state index contributed by atoms with van der Waals surface area (Å²) < 4.78 is 0. The maximum absolute atomic E-state index is 12.4. The Kier molecular flexibility index (Phi) is 5.31. The molecule has 0 aromatic heterocycles. The summed E-state index contributed by atoms with van der Waals surface area (Å²) in [5.41, 5.74) is 6.30.